The van der Waals surface area contributed by atoms with E-state index in [-0.39, 0.29) is 19.3 Å². The largest absolute Gasteiger partial charge is 0.480 e. The highest BCUT2D eigenvalue weighted by atomic mass is 32.2. The zero-order chi connectivity index (χ0) is 21.9. The van der Waals surface area contributed by atoms with E-state index in [0.29, 0.717) is 5.75 Å². The molecule has 0 heterocycles. The molecule has 0 aliphatic heterocycles. The molecule has 0 bridgehead atoms. The number of carbonyl (C=O) groups excluding carboxylic acids is 4. The molecule has 0 aromatic carbocycles. The molecule has 0 aromatic heterocycles. The minimum atomic E-state index is -1.22. The Kier molecular flexibility index (Phi) is 11.9. The highest BCUT2D eigenvalue weighted by molar-refractivity contribution is 7.98. The van der Waals surface area contributed by atoms with Gasteiger partial charge in [-0.2, -0.15) is 11.8 Å². The first kappa shape index (κ1) is 25.7. The molecule has 0 spiro atoms. The third-order valence-electron chi connectivity index (χ3n) is 3.70. The molecule has 0 saturated heterocycles. The van der Waals surface area contributed by atoms with Crippen LogP contribution >= 0.6 is 11.8 Å². The van der Waals surface area contributed by atoms with E-state index in [0.717, 1.165) is 0 Å². The highest BCUT2D eigenvalue weighted by Crippen LogP contribution is 2.05. The van der Waals surface area contributed by atoms with Crippen molar-refractivity contribution in [3.8, 4) is 0 Å². The third-order valence-corrected chi connectivity index (χ3v) is 4.34. The Hall–Kier alpha value is -2.34. The summed E-state index contributed by atoms with van der Waals surface area (Å²) in [5.41, 5.74) is 10.6. The predicted molar refractivity (Wildman–Crippen MR) is 104 cm³/mol. The Bertz CT molecular complexity index is 586. The molecule has 0 aliphatic carbocycles. The van der Waals surface area contributed by atoms with Crippen molar-refractivity contribution in [2.75, 3.05) is 12.0 Å². The smallest absolute Gasteiger partial charge is 0.325 e. The quantitative estimate of drug-likeness (QED) is 0.195. The van der Waals surface area contributed by atoms with Crippen LogP contribution in [-0.2, 0) is 24.0 Å². The molecule has 0 rings (SSSR count). The predicted octanol–water partition coefficient (Wildman–Crippen LogP) is -2.09. The van der Waals surface area contributed by atoms with Crippen molar-refractivity contribution in [3.63, 3.8) is 0 Å². The molecule has 11 nitrogen and oxygen atoms in total. The molecule has 28 heavy (non-hydrogen) atoms. The van der Waals surface area contributed by atoms with Gasteiger partial charge in [0.15, 0.2) is 0 Å². The van der Waals surface area contributed by atoms with E-state index in [1.54, 1.807) is 0 Å². The number of hydrogen-bond donors (Lipinski definition) is 6. The summed E-state index contributed by atoms with van der Waals surface area (Å²) in [6.45, 7) is 2.73. The SMILES string of the molecule is CSCCC(NC(=O)C(CCC(N)=O)NC(=O)C(C)N)C(=O)NC(C)C(=O)O. The minimum Gasteiger partial charge on any atom is -0.480 e. The van der Waals surface area contributed by atoms with Gasteiger partial charge in [0.25, 0.3) is 0 Å². The van der Waals surface area contributed by atoms with Crippen molar-refractivity contribution >= 4 is 41.4 Å². The van der Waals surface area contributed by atoms with Gasteiger partial charge in [-0.1, -0.05) is 0 Å². The van der Waals surface area contributed by atoms with Crippen molar-refractivity contribution in [3.05, 3.63) is 0 Å². The number of nitrogens with two attached hydrogens (primary N) is 2. The molecule has 0 radical (unpaired) electrons. The molecule has 160 valence electrons. The Morgan fingerprint density at radius 3 is 1.89 bits per heavy atom. The van der Waals surface area contributed by atoms with E-state index in [2.05, 4.69) is 16.0 Å². The van der Waals surface area contributed by atoms with Crippen molar-refractivity contribution in [2.45, 2.75) is 57.3 Å². The number of hydrogen-bond acceptors (Lipinski definition) is 7. The minimum absolute atomic E-state index is 0.0674. The molecule has 4 atom stereocenters. The van der Waals surface area contributed by atoms with Gasteiger partial charge in [0.1, 0.15) is 18.1 Å². The van der Waals surface area contributed by atoms with E-state index >= 15 is 0 Å². The topological polar surface area (TPSA) is 194 Å². The average Bonchev–Trinajstić information content (AvgIpc) is 2.60. The second-order valence-electron chi connectivity index (χ2n) is 6.27. The number of rotatable bonds is 13. The summed E-state index contributed by atoms with van der Waals surface area (Å²) in [4.78, 5) is 58.7. The number of nitrogens with one attached hydrogen (secondary N) is 3. The molecule has 0 aromatic rings. The number of primary amides is 1. The monoisotopic (exact) mass is 419 g/mol. The molecule has 4 amide bonds. The average molecular weight is 420 g/mol. The normalized spacial score (nSPS) is 14.9. The van der Waals surface area contributed by atoms with E-state index in [1.165, 1.54) is 25.6 Å². The van der Waals surface area contributed by atoms with Gasteiger partial charge in [0.2, 0.25) is 23.6 Å². The van der Waals surface area contributed by atoms with Crippen LogP contribution in [0.1, 0.15) is 33.1 Å². The fourth-order valence-electron chi connectivity index (χ4n) is 2.01. The summed E-state index contributed by atoms with van der Waals surface area (Å²) in [5, 5.41) is 16.1. The molecule has 8 N–H and O–H groups in total. The fourth-order valence-corrected chi connectivity index (χ4v) is 2.48. The van der Waals surface area contributed by atoms with E-state index in [1.807, 2.05) is 6.26 Å². The van der Waals surface area contributed by atoms with Crippen LogP contribution in [0, 0.1) is 0 Å². The van der Waals surface area contributed by atoms with Crippen LogP contribution in [0.2, 0.25) is 0 Å². The molecule has 0 fully saturated rings. The summed E-state index contributed by atoms with van der Waals surface area (Å²) in [7, 11) is 0. The van der Waals surface area contributed by atoms with Gasteiger partial charge in [0, 0.05) is 6.42 Å². The maximum Gasteiger partial charge on any atom is 0.325 e. The van der Waals surface area contributed by atoms with Gasteiger partial charge in [-0.3, -0.25) is 24.0 Å². The number of aliphatic carboxylic acids is 1. The standard InChI is InChI=1S/C16H29N5O6S/c1-8(17)13(23)20-10(4-5-12(18)22)15(25)21-11(6-7-28-3)14(24)19-9(2)16(26)27/h8-11H,4-7,17H2,1-3H3,(H2,18,22)(H,19,24)(H,20,23)(H,21,25)(H,26,27). The number of amides is 4. The van der Waals surface area contributed by atoms with Crippen LogP contribution in [0.4, 0.5) is 0 Å². The first-order chi connectivity index (χ1) is 13.0. The van der Waals surface area contributed by atoms with Gasteiger partial charge >= 0.3 is 5.97 Å². The molecule has 12 heteroatoms. The van der Waals surface area contributed by atoms with Crippen LogP contribution in [0.3, 0.4) is 0 Å². The van der Waals surface area contributed by atoms with Crippen molar-refractivity contribution in [2.24, 2.45) is 11.5 Å². The van der Waals surface area contributed by atoms with Crippen LogP contribution in [0.25, 0.3) is 0 Å². The second kappa shape index (κ2) is 12.9. The zero-order valence-electron chi connectivity index (χ0n) is 16.2. The third kappa shape index (κ3) is 10.1. The van der Waals surface area contributed by atoms with Gasteiger partial charge in [-0.15, -0.1) is 0 Å². The molecular weight excluding hydrogens is 390 g/mol. The number of carboxylic acid groups (broad SMARTS) is 1. The lowest BCUT2D eigenvalue weighted by Gasteiger charge is -2.24. The molecular formula is C16H29N5O6S. The van der Waals surface area contributed by atoms with Gasteiger partial charge in [-0.25, -0.2) is 0 Å². The summed E-state index contributed by atoms with van der Waals surface area (Å²) in [6, 6.07) is -4.14. The Balaban J connectivity index is 5.24. The molecule has 0 aliphatic rings. The maximum absolute atomic E-state index is 12.6. The Labute approximate surface area is 167 Å². The van der Waals surface area contributed by atoms with Crippen LogP contribution in [-0.4, -0.2) is 70.9 Å². The summed E-state index contributed by atoms with van der Waals surface area (Å²) >= 11 is 1.44. The van der Waals surface area contributed by atoms with Crippen molar-refractivity contribution in [1.82, 2.24) is 16.0 Å². The van der Waals surface area contributed by atoms with Gasteiger partial charge in [-0.05, 0) is 38.7 Å². The molecule has 4 unspecified atom stereocenters. The Morgan fingerprint density at radius 1 is 0.929 bits per heavy atom. The number of carboxylic acids is 1. The highest BCUT2D eigenvalue weighted by Gasteiger charge is 2.28. The zero-order valence-corrected chi connectivity index (χ0v) is 17.0. The number of carbonyl (C=O) groups is 5. The number of thioether (sulfide) groups is 1. The van der Waals surface area contributed by atoms with E-state index in [4.69, 9.17) is 16.6 Å². The summed E-state index contributed by atoms with van der Waals surface area (Å²) < 4.78 is 0. The summed E-state index contributed by atoms with van der Waals surface area (Å²) in [6.07, 6.45) is 1.83. The second-order valence-corrected chi connectivity index (χ2v) is 7.25. The van der Waals surface area contributed by atoms with E-state index in [9.17, 15) is 24.0 Å². The lowest BCUT2D eigenvalue weighted by molar-refractivity contribution is -0.141. The summed E-state index contributed by atoms with van der Waals surface area (Å²) in [5.74, 6) is -3.30. The van der Waals surface area contributed by atoms with Crippen LogP contribution in [0.5, 0.6) is 0 Å². The lowest BCUT2D eigenvalue weighted by atomic mass is 10.1. The van der Waals surface area contributed by atoms with Gasteiger partial charge < -0.3 is 32.5 Å². The maximum atomic E-state index is 12.6. The van der Waals surface area contributed by atoms with Crippen LogP contribution < -0.4 is 27.4 Å². The Morgan fingerprint density at radius 2 is 1.43 bits per heavy atom. The lowest BCUT2D eigenvalue weighted by Crippen LogP contribution is -2.56. The first-order valence-electron chi connectivity index (χ1n) is 8.66. The van der Waals surface area contributed by atoms with Crippen molar-refractivity contribution in [1.29, 1.82) is 0 Å². The van der Waals surface area contributed by atoms with E-state index < -0.39 is 53.8 Å². The fraction of sp³-hybridized carbons (Fsp3) is 0.688. The van der Waals surface area contributed by atoms with Crippen molar-refractivity contribution < 1.29 is 29.1 Å². The molecule has 0 saturated carbocycles. The first-order valence-corrected chi connectivity index (χ1v) is 10.1. The van der Waals surface area contributed by atoms with Crippen LogP contribution in [0.15, 0.2) is 0 Å². The van der Waals surface area contributed by atoms with Gasteiger partial charge in [0.05, 0.1) is 6.04 Å².